The number of fused-ring (bicyclic) bond motifs is 1. The van der Waals surface area contributed by atoms with Crippen molar-refractivity contribution < 1.29 is 0 Å². The van der Waals surface area contributed by atoms with Crippen LogP contribution in [0.25, 0.3) is 22.6 Å². The van der Waals surface area contributed by atoms with Gasteiger partial charge in [0.15, 0.2) is 5.82 Å². The second-order valence-electron chi connectivity index (χ2n) is 4.50. The van der Waals surface area contributed by atoms with Gasteiger partial charge in [-0.05, 0) is 32.0 Å². The van der Waals surface area contributed by atoms with Gasteiger partial charge in [-0.2, -0.15) is 15.4 Å². The van der Waals surface area contributed by atoms with Crippen LogP contribution in [0.15, 0.2) is 24.4 Å². The largest absolute Gasteiger partial charge is 0.399 e. The first-order valence-corrected chi connectivity index (χ1v) is 5.80. The second kappa shape index (κ2) is 3.83. The Morgan fingerprint density at radius 1 is 1.33 bits per heavy atom. The molecule has 0 radical (unpaired) electrons. The van der Waals surface area contributed by atoms with Crippen molar-refractivity contribution in [2.24, 2.45) is 0 Å². The molecule has 2 aromatic heterocycles. The van der Waals surface area contributed by atoms with Crippen LogP contribution in [0.1, 0.15) is 19.9 Å². The van der Waals surface area contributed by atoms with Gasteiger partial charge in [-0.1, -0.05) is 0 Å². The van der Waals surface area contributed by atoms with Crippen LogP contribution in [-0.2, 0) is 0 Å². The van der Waals surface area contributed by atoms with Crippen LogP contribution in [0.2, 0.25) is 0 Å². The Bertz CT molecular complexity index is 680. The van der Waals surface area contributed by atoms with Gasteiger partial charge in [-0.3, -0.25) is 0 Å². The molecule has 3 N–H and O–H groups in total. The summed E-state index contributed by atoms with van der Waals surface area (Å²) in [6, 6.07) is 5.98. The number of benzene rings is 1. The third-order valence-corrected chi connectivity index (χ3v) is 2.87. The monoisotopic (exact) mass is 242 g/mol. The van der Waals surface area contributed by atoms with Gasteiger partial charge in [-0.25, -0.2) is 4.98 Å². The first-order valence-electron chi connectivity index (χ1n) is 5.80. The van der Waals surface area contributed by atoms with E-state index in [2.05, 4.69) is 38.8 Å². The van der Waals surface area contributed by atoms with E-state index in [1.807, 2.05) is 18.2 Å². The zero-order valence-electron chi connectivity index (χ0n) is 10.3. The van der Waals surface area contributed by atoms with Crippen LogP contribution < -0.4 is 5.73 Å². The molecule has 0 unspecified atom stereocenters. The van der Waals surface area contributed by atoms with Crippen LogP contribution in [0, 0.1) is 0 Å². The van der Waals surface area contributed by atoms with Gasteiger partial charge in [0, 0.05) is 11.7 Å². The molecule has 0 atom stereocenters. The fourth-order valence-electron chi connectivity index (χ4n) is 2.12. The highest BCUT2D eigenvalue weighted by Crippen LogP contribution is 2.27. The van der Waals surface area contributed by atoms with Crippen molar-refractivity contribution in [3.05, 3.63) is 24.4 Å². The normalized spacial score (nSPS) is 11.5. The van der Waals surface area contributed by atoms with E-state index in [1.54, 1.807) is 6.20 Å². The Morgan fingerprint density at radius 3 is 2.83 bits per heavy atom. The molecule has 0 bridgehead atoms. The number of aromatic nitrogens is 5. The summed E-state index contributed by atoms with van der Waals surface area (Å²) < 4.78 is 2.11. The zero-order chi connectivity index (χ0) is 12.7. The molecule has 3 rings (SSSR count). The lowest BCUT2D eigenvalue weighted by atomic mass is 10.2. The lowest BCUT2D eigenvalue weighted by molar-refractivity contribution is 0.623. The molecule has 0 spiro atoms. The maximum absolute atomic E-state index is 5.85. The number of nitrogens with zero attached hydrogens (tertiary/aromatic N) is 4. The number of hydrogen-bond acceptors (Lipinski definition) is 4. The molecule has 0 fully saturated rings. The number of nitrogens with two attached hydrogens (primary N) is 1. The van der Waals surface area contributed by atoms with Gasteiger partial charge in [0.05, 0.1) is 17.2 Å². The third kappa shape index (κ3) is 1.54. The van der Waals surface area contributed by atoms with E-state index in [4.69, 9.17) is 5.73 Å². The molecule has 2 heterocycles. The average Bonchev–Trinajstić information content (AvgIpc) is 2.94. The van der Waals surface area contributed by atoms with E-state index < -0.39 is 0 Å². The summed E-state index contributed by atoms with van der Waals surface area (Å²) in [6.45, 7) is 4.21. The zero-order valence-corrected chi connectivity index (χ0v) is 10.3. The first kappa shape index (κ1) is 10.8. The van der Waals surface area contributed by atoms with Crippen molar-refractivity contribution >= 4 is 16.7 Å². The molecule has 18 heavy (non-hydrogen) atoms. The van der Waals surface area contributed by atoms with E-state index in [9.17, 15) is 0 Å². The first-order chi connectivity index (χ1) is 8.66. The molecule has 0 amide bonds. The molecule has 0 aliphatic rings. The maximum Gasteiger partial charge on any atom is 0.163 e. The molecule has 0 aliphatic carbocycles. The number of H-pyrrole nitrogens is 1. The lowest BCUT2D eigenvalue weighted by Gasteiger charge is -2.11. The summed E-state index contributed by atoms with van der Waals surface area (Å²) >= 11 is 0. The van der Waals surface area contributed by atoms with Gasteiger partial charge in [0.25, 0.3) is 0 Å². The van der Waals surface area contributed by atoms with Crippen LogP contribution in [0.3, 0.4) is 0 Å². The molecular weight excluding hydrogens is 228 g/mol. The molecule has 6 nitrogen and oxygen atoms in total. The van der Waals surface area contributed by atoms with Gasteiger partial charge in [-0.15, -0.1) is 0 Å². The summed E-state index contributed by atoms with van der Waals surface area (Å²) in [6.07, 6.45) is 1.67. The quantitative estimate of drug-likeness (QED) is 0.673. The predicted molar refractivity (Wildman–Crippen MR) is 69.9 cm³/mol. The Morgan fingerprint density at radius 2 is 2.17 bits per heavy atom. The fraction of sp³-hybridized carbons (Fsp3) is 0.250. The van der Waals surface area contributed by atoms with Gasteiger partial charge >= 0.3 is 0 Å². The summed E-state index contributed by atoms with van der Waals surface area (Å²) in [7, 11) is 0. The molecular formula is C12H14N6. The summed E-state index contributed by atoms with van der Waals surface area (Å²) in [5.41, 5.74) is 9.24. The van der Waals surface area contributed by atoms with Crippen molar-refractivity contribution in [1.29, 1.82) is 0 Å². The second-order valence-corrected chi connectivity index (χ2v) is 4.50. The number of nitrogen functional groups attached to an aromatic ring is 1. The molecule has 3 aromatic rings. The molecule has 6 heteroatoms. The van der Waals surface area contributed by atoms with E-state index in [0.29, 0.717) is 0 Å². The highest BCUT2D eigenvalue weighted by molar-refractivity contribution is 5.83. The van der Waals surface area contributed by atoms with Crippen LogP contribution in [0.4, 0.5) is 5.69 Å². The maximum atomic E-state index is 5.85. The van der Waals surface area contributed by atoms with Crippen molar-refractivity contribution in [1.82, 2.24) is 25.0 Å². The van der Waals surface area contributed by atoms with E-state index >= 15 is 0 Å². The highest BCUT2D eigenvalue weighted by Gasteiger charge is 2.16. The Kier molecular flexibility index (Phi) is 2.29. The Balaban J connectivity index is 2.35. The van der Waals surface area contributed by atoms with Gasteiger partial charge in [0.1, 0.15) is 5.69 Å². The third-order valence-electron chi connectivity index (χ3n) is 2.87. The highest BCUT2D eigenvalue weighted by atomic mass is 15.3. The number of hydrogen-bond donors (Lipinski definition) is 2. The van der Waals surface area contributed by atoms with Crippen molar-refractivity contribution in [3.8, 4) is 11.5 Å². The summed E-state index contributed by atoms with van der Waals surface area (Å²) in [5.74, 6) is 0.805. The average molecular weight is 242 g/mol. The van der Waals surface area contributed by atoms with Gasteiger partial charge < -0.3 is 10.3 Å². The Labute approximate surface area is 104 Å². The number of rotatable bonds is 2. The lowest BCUT2D eigenvalue weighted by Crippen LogP contribution is -2.03. The molecule has 0 aliphatic heterocycles. The van der Waals surface area contributed by atoms with Crippen LogP contribution >= 0.6 is 0 Å². The standard InChI is InChI=1S/C12H14N6/c1-7(2)18-11-5-8(13)3-4-9(11)15-12(18)10-6-14-17-16-10/h3-7H,13H2,1-2H3,(H,14,16,17). The van der Waals surface area contributed by atoms with E-state index in [1.165, 1.54) is 0 Å². The topological polar surface area (TPSA) is 85.4 Å². The SMILES string of the molecule is CC(C)n1c(-c2cn[nH]n2)nc2ccc(N)cc21. The number of nitrogens with one attached hydrogen (secondary N) is 1. The molecule has 0 saturated carbocycles. The minimum Gasteiger partial charge on any atom is -0.399 e. The number of aromatic amines is 1. The van der Waals surface area contributed by atoms with Gasteiger partial charge in [0.2, 0.25) is 0 Å². The number of imidazole rings is 1. The smallest absolute Gasteiger partial charge is 0.163 e. The minimum atomic E-state index is 0.267. The van der Waals surface area contributed by atoms with Crippen LogP contribution in [-0.4, -0.2) is 25.0 Å². The summed E-state index contributed by atoms with van der Waals surface area (Å²) in [4.78, 5) is 4.60. The van der Waals surface area contributed by atoms with Crippen molar-refractivity contribution in [2.75, 3.05) is 5.73 Å². The van der Waals surface area contributed by atoms with E-state index in [-0.39, 0.29) is 6.04 Å². The van der Waals surface area contributed by atoms with Crippen molar-refractivity contribution in [2.45, 2.75) is 19.9 Å². The van der Waals surface area contributed by atoms with Crippen molar-refractivity contribution in [3.63, 3.8) is 0 Å². The van der Waals surface area contributed by atoms with E-state index in [0.717, 1.165) is 28.2 Å². The summed E-state index contributed by atoms with van der Waals surface area (Å²) in [5, 5.41) is 10.5. The molecule has 92 valence electrons. The number of anilines is 1. The fourth-order valence-corrected chi connectivity index (χ4v) is 2.12. The molecule has 0 saturated heterocycles. The minimum absolute atomic E-state index is 0.267. The Hall–Kier alpha value is -2.37. The predicted octanol–water partition coefficient (Wildman–Crippen LogP) is 1.98. The van der Waals surface area contributed by atoms with Crippen LogP contribution in [0.5, 0.6) is 0 Å². The molecule has 1 aromatic carbocycles.